The van der Waals surface area contributed by atoms with Crippen LogP contribution in [0.3, 0.4) is 0 Å². The molecule has 0 heterocycles. The number of hydrogen-bond acceptors (Lipinski definition) is 5. The third-order valence-corrected chi connectivity index (χ3v) is 4.54. The van der Waals surface area contributed by atoms with Gasteiger partial charge in [0.1, 0.15) is 10.6 Å². The van der Waals surface area contributed by atoms with E-state index in [0.29, 0.717) is 5.75 Å². The molecule has 3 N–H and O–H groups in total. The Morgan fingerprint density at radius 2 is 2.05 bits per heavy atom. The minimum Gasteiger partial charge on any atom is -0.497 e. The van der Waals surface area contributed by atoms with E-state index >= 15 is 0 Å². The SMILES string of the molecule is COc1ccc(S(=O)(=O)NC(C)CCN(C)C)c(N)c1. The van der Waals surface area contributed by atoms with Crippen LogP contribution in [-0.2, 0) is 10.0 Å². The third kappa shape index (κ3) is 4.66. The fraction of sp³-hybridized carbons (Fsp3) is 0.538. The lowest BCUT2D eigenvalue weighted by molar-refractivity contribution is 0.379. The fourth-order valence-electron chi connectivity index (χ4n) is 1.74. The molecule has 0 aromatic heterocycles. The number of nitrogens with zero attached hydrogens (tertiary/aromatic N) is 1. The molecule has 20 heavy (non-hydrogen) atoms. The molecule has 0 saturated heterocycles. The molecule has 1 rings (SSSR count). The number of methoxy groups -OCH3 is 1. The van der Waals surface area contributed by atoms with Crippen molar-refractivity contribution in [3.8, 4) is 5.75 Å². The number of nitrogens with two attached hydrogens (primary N) is 1. The van der Waals surface area contributed by atoms with Gasteiger partial charge < -0.3 is 15.4 Å². The second kappa shape index (κ2) is 6.92. The molecular weight excluding hydrogens is 278 g/mol. The molecule has 1 aromatic rings. The van der Waals surface area contributed by atoms with E-state index in [1.165, 1.54) is 19.2 Å². The summed E-state index contributed by atoms with van der Waals surface area (Å²) in [6.45, 7) is 2.64. The first-order chi connectivity index (χ1) is 9.26. The highest BCUT2D eigenvalue weighted by Crippen LogP contribution is 2.23. The number of ether oxygens (including phenoxy) is 1. The van der Waals surface area contributed by atoms with E-state index < -0.39 is 10.0 Å². The minimum atomic E-state index is -3.61. The standard InChI is InChI=1S/C13H23N3O3S/c1-10(7-8-16(2)3)15-20(17,18)13-6-5-11(19-4)9-12(13)14/h5-6,9-10,15H,7-8,14H2,1-4H3. The lowest BCUT2D eigenvalue weighted by Crippen LogP contribution is -2.35. The number of anilines is 1. The van der Waals surface area contributed by atoms with Gasteiger partial charge in [0, 0.05) is 12.1 Å². The predicted molar refractivity (Wildman–Crippen MR) is 80.4 cm³/mol. The second-order valence-corrected chi connectivity index (χ2v) is 6.70. The Morgan fingerprint density at radius 3 is 2.55 bits per heavy atom. The summed E-state index contributed by atoms with van der Waals surface area (Å²) < 4.78 is 32.2. The van der Waals surface area contributed by atoms with E-state index in [2.05, 4.69) is 4.72 Å². The van der Waals surface area contributed by atoms with Crippen molar-refractivity contribution in [2.45, 2.75) is 24.3 Å². The topological polar surface area (TPSA) is 84.7 Å². The molecule has 114 valence electrons. The van der Waals surface area contributed by atoms with Crippen molar-refractivity contribution in [2.75, 3.05) is 33.5 Å². The Morgan fingerprint density at radius 1 is 1.40 bits per heavy atom. The van der Waals surface area contributed by atoms with Crippen LogP contribution in [0.1, 0.15) is 13.3 Å². The Labute approximate surface area is 121 Å². The van der Waals surface area contributed by atoms with Crippen molar-refractivity contribution in [2.24, 2.45) is 0 Å². The predicted octanol–water partition coefficient (Wildman–Crippen LogP) is 0.896. The molecule has 0 fully saturated rings. The third-order valence-electron chi connectivity index (χ3n) is 2.87. The molecule has 1 unspecified atom stereocenters. The van der Waals surface area contributed by atoms with E-state index in [9.17, 15) is 8.42 Å². The molecule has 1 atom stereocenters. The maximum atomic E-state index is 12.3. The maximum absolute atomic E-state index is 12.3. The van der Waals surface area contributed by atoms with Gasteiger partial charge in [-0.3, -0.25) is 0 Å². The lowest BCUT2D eigenvalue weighted by atomic mass is 10.2. The molecule has 0 aliphatic heterocycles. The van der Waals surface area contributed by atoms with Crippen LogP contribution < -0.4 is 15.2 Å². The first-order valence-corrected chi connectivity index (χ1v) is 7.85. The number of nitrogens with one attached hydrogen (secondary N) is 1. The van der Waals surface area contributed by atoms with Crippen molar-refractivity contribution < 1.29 is 13.2 Å². The zero-order valence-electron chi connectivity index (χ0n) is 12.4. The molecular formula is C13H23N3O3S. The lowest BCUT2D eigenvalue weighted by Gasteiger charge is -2.17. The van der Waals surface area contributed by atoms with Crippen LogP contribution in [0.15, 0.2) is 23.1 Å². The number of hydrogen-bond donors (Lipinski definition) is 2. The van der Waals surface area contributed by atoms with Crippen LogP contribution in [0.2, 0.25) is 0 Å². The van der Waals surface area contributed by atoms with Gasteiger partial charge in [-0.25, -0.2) is 13.1 Å². The molecule has 1 aromatic carbocycles. The van der Waals surface area contributed by atoms with E-state index in [1.807, 2.05) is 25.9 Å². The molecule has 0 amide bonds. The summed E-state index contributed by atoms with van der Waals surface area (Å²) in [4.78, 5) is 2.09. The van der Waals surface area contributed by atoms with Gasteiger partial charge in [0.25, 0.3) is 0 Å². The minimum absolute atomic E-state index is 0.0787. The highest BCUT2D eigenvalue weighted by molar-refractivity contribution is 7.89. The van der Waals surface area contributed by atoms with Crippen molar-refractivity contribution in [3.63, 3.8) is 0 Å². The van der Waals surface area contributed by atoms with Crippen LogP contribution in [0.25, 0.3) is 0 Å². The Balaban J connectivity index is 2.83. The first-order valence-electron chi connectivity index (χ1n) is 6.37. The van der Waals surface area contributed by atoms with Gasteiger partial charge in [0.05, 0.1) is 12.8 Å². The number of benzene rings is 1. The van der Waals surface area contributed by atoms with Gasteiger partial charge in [-0.05, 0) is 46.1 Å². The van der Waals surface area contributed by atoms with Gasteiger partial charge in [-0.15, -0.1) is 0 Å². The van der Waals surface area contributed by atoms with E-state index in [-0.39, 0.29) is 16.6 Å². The molecule has 7 heteroatoms. The number of rotatable bonds is 7. The van der Waals surface area contributed by atoms with Crippen LogP contribution in [0.4, 0.5) is 5.69 Å². The molecule has 0 aliphatic rings. The highest BCUT2D eigenvalue weighted by atomic mass is 32.2. The summed E-state index contributed by atoms with van der Waals surface area (Å²) in [7, 11) is 1.79. The van der Waals surface area contributed by atoms with Crippen molar-refractivity contribution in [1.29, 1.82) is 0 Å². The van der Waals surface area contributed by atoms with Crippen LogP contribution in [-0.4, -0.2) is 47.1 Å². The summed E-state index contributed by atoms with van der Waals surface area (Å²) in [6.07, 6.45) is 0.724. The van der Waals surface area contributed by atoms with Crippen molar-refractivity contribution in [3.05, 3.63) is 18.2 Å². The Kier molecular flexibility index (Phi) is 5.79. The molecule has 0 spiro atoms. The normalized spacial score (nSPS) is 13.4. The summed E-state index contributed by atoms with van der Waals surface area (Å²) in [6, 6.07) is 4.37. The van der Waals surface area contributed by atoms with Gasteiger partial charge in [-0.1, -0.05) is 0 Å². The monoisotopic (exact) mass is 301 g/mol. The Hall–Kier alpha value is -1.31. The first kappa shape index (κ1) is 16.7. The van der Waals surface area contributed by atoms with Gasteiger partial charge in [0.2, 0.25) is 10.0 Å². The molecule has 0 saturated carbocycles. The highest BCUT2D eigenvalue weighted by Gasteiger charge is 2.20. The van der Waals surface area contributed by atoms with Gasteiger partial charge >= 0.3 is 0 Å². The molecule has 0 bridgehead atoms. The van der Waals surface area contributed by atoms with E-state index in [1.54, 1.807) is 6.07 Å². The smallest absolute Gasteiger partial charge is 0.242 e. The van der Waals surface area contributed by atoms with Gasteiger partial charge in [0.15, 0.2) is 0 Å². The van der Waals surface area contributed by atoms with Crippen molar-refractivity contribution in [1.82, 2.24) is 9.62 Å². The largest absolute Gasteiger partial charge is 0.497 e. The van der Waals surface area contributed by atoms with Crippen molar-refractivity contribution >= 4 is 15.7 Å². The molecule has 0 aliphatic carbocycles. The summed E-state index contributed by atoms with van der Waals surface area (Å²) >= 11 is 0. The maximum Gasteiger partial charge on any atom is 0.242 e. The summed E-state index contributed by atoms with van der Waals surface area (Å²) in [5.41, 5.74) is 5.95. The summed E-state index contributed by atoms with van der Waals surface area (Å²) in [5.74, 6) is 0.530. The second-order valence-electron chi connectivity index (χ2n) is 5.02. The van der Waals surface area contributed by atoms with Crippen LogP contribution >= 0.6 is 0 Å². The van der Waals surface area contributed by atoms with E-state index in [4.69, 9.17) is 10.5 Å². The molecule has 0 radical (unpaired) electrons. The van der Waals surface area contributed by atoms with Gasteiger partial charge in [-0.2, -0.15) is 0 Å². The quantitative estimate of drug-likeness (QED) is 0.731. The average Bonchev–Trinajstić information content (AvgIpc) is 2.35. The fourth-order valence-corrected chi connectivity index (χ4v) is 3.13. The zero-order chi connectivity index (χ0) is 15.3. The zero-order valence-corrected chi connectivity index (χ0v) is 13.2. The number of nitrogen functional groups attached to an aromatic ring is 1. The number of sulfonamides is 1. The van der Waals surface area contributed by atoms with Crippen LogP contribution in [0.5, 0.6) is 5.75 Å². The molecule has 6 nitrogen and oxygen atoms in total. The summed E-state index contributed by atoms with van der Waals surface area (Å²) in [5, 5.41) is 0. The average molecular weight is 301 g/mol. The van der Waals surface area contributed by atoms with Crippen LogP contribution in [0, 0.1) is 0 Å². The Bertz CT molecular complexity index is 544. The van der Waals surface area contributed by atoms with E-state index in [0.717, 1.165) is 13.0 Å².